The molecule has 0 saturated heterocycles. The topological polar surface area (TPSA) is 41.1 Å². The monoisotopic (exact) mass is 412 g/mol. The second-order valence-electron chi connectivity index (χ2n) is 6.01. The fraction of sp³-hybridized carbons (Fsp3) is 0.278. The Morgan fingerprint density at radius 2 is 1.84 bits per heavy atom. The average molecular weight is 413 g/mol. The van der Waals surface area contributed by atoms with Crippen LogP contribution in [0.15, 0.2) is 53.0 Å². The maximum Gasteiger partial charge on any atom is 0.405 e. The van der Waals surface area contributed by atoms with Crippen molar-refractivity contribution in [2.45, 2.75) is 18.5 Å². The van der Waals surface area contributed by atoms with Crippen molar-refractivity contribution >= 4 is 33.2 Å². The molecule has 2 aromatic carbocycles. The largest absolute Gasteiger partial charge is 0.405 e. The molecule has 25 heavy (non-hydrogen) atoms. The van der Waals surface area contributed by atoms with Crippen LogP contribution in [0.2, 0.25) is 0 Å². The van der Waals surface area contributed by atoms with Gasteiger partial charge in [-0.2, -0.15) is 13.2 Å². The average Bonchev–Trinajstić information content (AvgIpc) is 3.34. The number of benzene rings is 2. The van der Waals surface area contributed by atoms with Crippen molar-refractivity contribution in [2.75, 3.05) is 17.2 Å². The summed E-state index contributed by atoms with van der Waals surface area (Å²) in [5.41, 5.74) is 1.70. The van der Waals surface area contributed by atoms with Gasteiger partial charge in [-0.3, -0.25) is 4.79 Å². The molecule has 0 bridgehead atoms. The summed E-state index contributed by atoms with van der Waals surface area (Å²) in [7, 11) is 0. The predicted octanol–water partition coefficient (Wildman–Crippen LogP) is 5.17. The van der Waals surface area contributed by atoms with E-state index in [0.717, 1.165) is 16.5 Å². The number of carbonyl (C=O) groups excluding carboxylic acids is 1. The van der Waals surface area contributed by atoms with Gasteiger partial charge in [-0.25, -0.2) is 0 Å². The summed E-state index contributed by atoms with van der Waals surface area (Å²) in [6.45, 7) is -1.15. The van der Waals surface area contributed by atoms with Gasteiger partial charge in [0.2, 0.25) is 5.91 Å². The van der Waals surface area contributed by atoms with Crippen LogP contribution in [0.3, 0.4) is 0 Å². The highest BCUT2D eigenvalue weighted by Gasteiger charge is 2.44. The summed E-state index contributed by atoms with van der Waals surface area (Å²) in [6.07, 6.45) is -3.58. The van der Waals surface area contributed by atoms with Crippen LogP contribution in [0.4, 0.5) is 24.5 Å². The van der Waals surface area contributed by atoms with Gasteiger partial charge in [0.15, 0.2) is 0 Å². The van der Waals surface area contributed by atoms with Crippen molar-refractivity contribution in [2.24, 2.45) is 5.92 Å². The molecule has 0 heterocycles. The van der Waals surface area contributed by atoms with Gasteiger partial charge in [-0.05, 0) is 42.2 Å². The molecule has 2 aromatic rings. The van der Waals surface area contributed by atoms with Crippen molar-refractivity contribution in [3.8, 4) is 0 Å². The third-order valence-electron chi connectivity index (χ3n) is 4.07. The van der Waals surface area contributed by atoms with Crippen LogP contribution in [0.1, 0.15) is 17.9 Å². The van der Waals surface area contributed by atoms with Crippen LogP contribution in [-0.4, -0.2) is 18.6 Å². The lowest BCUT2D eigenvalue weighted by atomic mass is 10.1. The molecule has 132 valence electrons. The number of hydrogen-bond acceptors (Lipinski definition) is 2. The standard InChI is InChI=1S/C18H16BrF3N2O/c19-12-5-3-4-11(8-12)13-9-14(13)17(25)24-16-7-2-1-6-15(16)23-10-18(20,21)22/h1-8,13-14,23H,9-10H2,(H,24,25). The van der Waals surface area contributed by atoms with Gasteiger partial charge in [-0.15, -0.1) is 0 Å². The Morgan fingerprint density at radius 1 is 1.12 bits per heavy atom. The van der Waals surface area contributed by atoms with Gasteiger partial charge in [0.05, 0.1) is 11.4 Å². The van der Waals surface area contributed by atoms with E-state index >= 15 is 0 Å². The van der Waals surface area contributed by atoms with Crippen molar-refractivity contribution in [3.05, 3.63) is 58.6 Å². The minimum absolute atomic E-state index is 0.146. The van der Waals surface area contributed by atoms with E-state index < -0.39 is 12.7 Å². The first-order valence-corrected chi connectivity index (χ1v) is 8.59. The lowest BCUT2D eigenvalue weighted by Gasteiger charge is -2.14. The number of halogens is 4. The van der Waals surface area contributed by atoms with Gasteiger partial charge in [-0.1, -0.05) is 40.2 Å². The second kappa shape index (κ2) is 7.07. The minimum Gasteiger partial charge on any atom is -0.375 e. The normalized spacial score (nSPS) is 19.4. The maximum atomic E-state index is 12.4. The predicted molar refractivity (Wildman–Crippen MR) is 94.6 cm³/mol. The summed E-state index contributed by atoms with van der Waals surface area (Å²) in [6, 6.07) is 14.2. The molecule has 1 amide bonds. The zero-order chi connectivity index (χ0) is 18.0. The molecule has 3 nitrogen and oxygen atoms in total. The van der Waals surface area contributed by atoms with E-state index in [2.05, 4.69) is 26.6 Å². The molecule has 2 atom stereocenters. The number of carbonyl (C=O) groups is 1. The first kappa shape index (κ1) is 17.8. The Kier molecular flexibility index (Phi) is 5.03. The molecule has 0 aromatic heterocycles. The molecule has 0 radical (unpaired) electrons. The van der Waals surface area contributed by atoms with E-state index in [4.69, 9.17) is 0 Å². The Bertz CT molecular complexity index is 779. The minimum atomic E-state index is -4.32. The molecular formula is C18H16BrF3N2O. The zero-order valence-electron chi connectivity index (χ0n) is 13.1. The molecule has 0 aliphatic heterocycles. The van der Waals surface area contributed by atoms with Crippen LogP contribution in [0.5, 0.6) is 0 Å². The van der Waals surface area contributed by atoms with E-state index in [-0.39, 0.29) is 23.4 Å². The van der Waals surface area contributed by atoms with Crippen molar-refractivity contribution in [3.63, 3.8) is 0 Å². The Hall–Kier alpha value is -2.02. The van der Waals surface area contributed by atoms with Crippen LogP contribution < -0.4 is 10.6 Å². The van der Waals surface area contributed by atoms with Crippen LogP contribution in [-0.2, 0) is 4.79 Å². The fourth-order valence-electron chi connectivity index (χ4n) is 2.76. The first-order chi connectivity index (χ1) is 11.8. The van der Waals surface area contributed by atoms with Gasteiger partial charge >= 0.3 is 6.18 Å². The van der Waals surface area contributed by atoms with E-state index in [1.165, 1.54) is 6.07 Å². The molecule has 0 spiro atoms. The third-order valence-corrected chi connectivity index (χ3v) is 4.56. The molecule has 2 unspecified atom stereocenters. The number of hydrogen-bond donors (Lipinski definition) is 2. The van der Waals surface area contributed by atoms with E-state index in [9.17, 15) is 18.0 Å². The highest BCUT2D eigenvalue weighted by Crippen LogP contribution is 2.48. The summed E-state index contributed by atoms with van der Waals surface area (Å²) >= 11 is 3.41. The van der Waals surface area contributed by atoms with Crippen LogP contribution in [0.25, 0.3) is 0 Å². The van der Waals surface area contributed by atoms with Crippen LogP contribution >= 0.6 is 15.9 Å². The fourth-order valence-corrected chi connectivity index (χ4v) is 3.17. The lowest BCUT2D eigenvalue weighted by Crippen LogP contribution is -2.22. The van der Waals surface area contributed by atoms with E-state index in [0.29, 0.717) is 5.69 Å². The molecule has 1 aliphatic rings. The molecule has 1 aliphatic carbocycles. The second-order valence-corrected chi connectivity index (χ2v) is 6.92. The van der Waals surface area contributed by atoms with Gasteiger partial charge in [0.25, 0.3) is 0 Å². The Labute approximate surface area is 151 Å². The molecule has 3 rings (SSSR count). The van der Waals surface area contributed by atoms with Gasteiger partial charge in [0, 0.05) is 10.4 Å². The highest BCUT2D eigenvalue weighted by atomic mass is 79.9. The van der Waals surface area contributed by atoms with Gasteiger partial charge < -0.3 is 10.6 Å². The third kappa shape index (κ3) is 4.75. The maximum absolute atomic E-state index is 12.4. The molecule has 1 fully saturated rings. The van der Waals surface area contributed by atoms with Crippen molar-refractivity contribution < 1.29 is 18.0 Å². The highest BCUT2D eigenvalue weighted by molar-refractivity contribution is 9.10. The van der Waals surface area contributed by atoms with Crippen molar-refractivity contribution in [1.82, 2.24) is 0 Å². The number of alkyl halides is 3. The van der Waals surface area contributed by atoms with Crippen LogP contribution in [0, 0.1) is 5.92 Å². The van der Waals surface area contributed by atoms with Gasteiger partial charge in [0.1, 0.15) is 6.54 Å². The lowest BCUT2D eigenvalue weighted by molar-refractivity contribution is -0.117. The van der Waals surface area contributed by atoms with E-state index in [1.807, 2.05) is 24.3 Å². The Morgan fingerprint density at radius 3 is 2.52 bits per heavy atom. The molecule has 2 N–H and O–H groups in total. The Balaban J connectivity index is 1.64. The first-order valence-electron chi connectivity index (χ1n) is 7.79. The molecule has 7 heteroatoms. The molecular weight excluding hydrogens is 397 g/mol. The summed E-state index contributed by atoms with van der Waals surface area (Å²) in [5, 5.41) is 5.06. The number of nitrogens with one attached hydrogen (secondary N) is 2. The number of rotatable bonds is 5. The molecule has 1 saturated carbocycles. The summed E-state index contributed by atoms with van der Waals surface area (Å²) < 4.78 is 38.1. The van der Waals surface area contributed by atoms with Crippen molar-refractivity contribution in [1.29, 1.82) is 0 Å². The van der Waals surface area contributed by atoms with E-state index in [1.54, 1.807) is 18.2 Å². The SMILES string of the molecule is O=C(Nc1ccccc1NCC(F)(F)F)C1CC1c1cccc(Br)c1. The number of amides is 1. The number of anilines is 2. The zero-order valence-corrected chi connectivity index (χ0v) is 14.7. The number of para-hydroxylation sites is 2. The summed E-state index contributed by atoms with van der Waals surface area (Å²) in [4.78, 5) is 12.4. The quantitative estimate of drug-likeness (QED) is 0.711. The smallest absolute Gasteiger partial charge is 0.375 e. The summed E-state index contributed by atoms with van der Waals surface area (Å²) in [5.74, 6) is -0.191.